The number of hydrogen-bond acceptors (Lipinski definition) is 4. The second-order valence-corrected chi connectivity index (χ2v) is 6.35. The van der Waals surface area contributed by atoms with Crippen molar-refractivity contribution in [2.75, 3.05) is 10.2 Å². The van der Waals surface area contributed by atoms with Crippen LogP contribution in [0.25, 0.3) is 0 Å². The molecule has 0 spiro atoms. The first-order valence-electron chi connectivity index (χ1n) is 7.74. The van der Waals surface area contributed by atoms with Gasteiger partial charge >= 0.3 is 0 Å². The Morgan fingerprint density at radius 3 is 2.48 bits per heavy atom. The van der Waals surface area contributed by atoms with Crippen molar-refractivity contribution in [3.63, 3.8) is 0 Å². The third kappa shape index (κ3) is 3.92. The highest BCUT2D eigenvalue weighted by Gasteiger charge is 2.22. The maximum absolute atomic E-state index is 13.2. The average Bonchev–Trinajstić information content (AvgIpc) is 3.01. The number of aromatic nitrogens is 1. The molecule has 0 aliphatic rings. The number of hydrogen-bond donors (Lipinski definition) is 1. The molecule has 3 aromatic rings. The maximum Gasteiger partial charge on any atom is 0.264 e. The summed E-state index contributed by atoms with van der Waals surface area (Å²) in [6, 6.07) is 16.3. The van der Waals surface area contributed by atoms with Gasteiger partial charge in [-0.3, -0.25) is 14.5 Å². The molecule has 2 aromatic carbocycles. The van der Waals surface area contributed by atoms with Crippen LogP contribution in [0.4, 0.5) is 16.5 Å². The standard InChI is InChI=1S/C19H17N3O2S/c1-13-12-25-19(20-13)22(17-9-4-3-5-10-17)18(24)15-7-6-8-16(11-15)21-14(2)23/h3-12H,1-2H3,(H,21,23). The molecule has 0 atom stereocenters. The molecule has 0 radical (unpaired) electrons. The number of thiazole rings is 1. The van der Waals surface area contributed by atoms with Gasteiger partial charge in [0.2, 0.25) is 5.91 Å². The van der Waals surface area contributed by atoms with Gasteiger partial charge in [0.25, 0.3) is 5.91 Å². The SMILES string of the molecule is CC(=O)Nc1cccc(C(=O)N(c2ccccc2)c2nc(C)cs2)c1. The van der Waals surface area contributed by atoms with Gasteiger partial charge in [0.15, 0.2) is 5.13 Å². The van der Waals surface area contributed by atoms with Crippen molar-refractivity contribution in [1.29, 1.82) is 0 Å². The third-order valence-electron chi connectivity index (χ3n) is 3.45. The molecular formula is C19H17N3O2S. The lowest BCUT2D eigenvalue weighted by atomic mass is 10.1. The quantitative estimate of drug-likeness (QED) is 0.758. The third-order valence-corrected chi connectivity index (χ3v) is 4.39. The van der Waals surface area contributed by atoms with Crippen LogP contribution in [0.5, 0.6) is 0 Å². The van der Waals surface area contributed by atoms with Gasteiger partial charge < -0.3 is 5.32 Å². The van der Waals surface area contributed by atoms with Crippen LogP contribution >= 0.6 is 11.3 Å². The highest BCUT2D eigenvalue weighted by molar-refractivity contribution is 7.14. The normalized spacial score (nSPS) is 10.3. The monoisotopic (exact) mass is 351 g/mol. The first-order valence-corrected chi connectivity index (χ1v) is 8.62. The summed E-state index contributed by atoms with van der Waals surface area (Å²) < 4.78 is 0. The highest BCUT2D eigenvalue weighted by atomic mass is 32.1. The molecular weight excluding hydrogens is 334 g/mol. The van der Waals surface area contributed by atoms with Gasteiger partial charge in [0.05, 0.1) is 11.4 Å². The molecule has 0 aliphatic carbocycles. The molecule has 0 bridgehead atoms. The Balaban J connectivity index is 2.02. The van der Waals surface area contributed by atoms with Gasteiger partial charge in [-0.05, 0) is 37.3 Å². The molecule has 1 heterocycles. The molecule has 0 saturated carbocycles. The van der Waals surface area contributed by atoms with Crippen molar-refractivity contribution in [3.05, 3.63) is 71.2 Å². The predicted octanol–water partition coefficient (Wildman–Crippen LogP) is 4.39. The summed E-state index contributed by atoms with van der Waals surface area (Å²) in [5.41, 5.74) is 2.66. The van der Waals surface area contributed by atoms with E-state index in [1.165, 1.54) is 18.3 Å². The number of nitrogens with one attached hydrogen (secondary N) is 1. The van der Waals surface area contributed by atoms with Crippen molar-refractivity contribution in [2.45, 2.75) is 13.8 Å². The predicted molar refractivity (Wildman–Crippen MR) is 101 cm³/mol. The molecule has 126 valence electrons. The molecule has 1 N–H and O–H groups in total. The largest absolute Gasteiger partial charge is 0.326 e. The number of carbonyl (C=O) groups is 2. The second kappa shape index (κ2) is 7.27. The summed E-state index contributed by atoms with van der Waals surface area (Å²) in [6.45, 7) is 3.33. The van der Waals surface area contributed by atoms with E-state index in [2.05, 4.69) is 10.3 Å². The summed E-state index contributed by atoms with van der Waals surface area (Å²) in [5, 5.41) is 5.22. The van der Waals surface area contributed by atoms with Crippen LogP contribution in [0.3, 0.4) is 0 Å². The Bertz CT molecular complexity index is 906. The van der Waals surface area contributed by atoms with E-state index in [4.69, 9.17) is 0 Å². The Morgan fingerprint density at radius 1 is 1.08 bits per heavy atom. The number of rotatable bonds is 4. The van der Waals surface area contributed by atoms with Crippen LogP contribution in [-0.2, 0) is 4.79 Å². The van der Waals surface area contributed by atoms with Crippen LogP contribution in [0, 0.1) is 6.92 Å². The van der Waals surface area contributed by atoms with Crippen molar-refractivity contribution in [2.24, 2.45) is 0 Å². The molecule has 2 amide bonds. The summed E-state index contributed by atoms with van der Waals surface area (Å²) in [5.74, 6) is -0.382. The highest BCUT2D eigenvalue weighted by Crippen LogP contribution is 2.30. The first-order chi connectivity index (χ1) is 12.0. The van der Waals surface area contributed by atoms with Crippen molar-refractivity contribution < 1.29 is 9.59 Å². The lowest BCUT2D eigenvalue weighted by molar-refractivity contribution is -0.114. The molecule has 0 unspecified atom stereocenters. The number of amides is 2. The van der Waals surface area contributed by atoms with E-state index in [0.717, 1.165) is 11.4 Å². The average molecular weight is 351 g/mol. The molecule has 1 aromatic heterocycles. The van der Waals surface area contributed by atoms with Gasteiger partial charge in [0, 0.05) is 23.6 Å². The van der Waals surface area contributed by atoms with Crippen LogP contribution in [0.1, 0.15) is 23.0 Å². The Labute approximate surface area is 149 Å². The Hall–Kier alpha value is -2.99. The summed E-state index contributed by atoms with van der Waals surface area (Å²) in [4.78, 5) is 30.5. The zero-order valence-electron chi connectivity index (χ0n) is 13.9. The van der Waals surface area contributed by atoms with Gasteiger partial charge in [-0.2, -0.15) is 0 Å². The van der Waals surface area contributed by atoms with Gasteiger partial charge in [-0.1, -0.05) is 24.3 Å². The fraction of sp³-hybridized carbons (Fsp3) is 0.105. The fourth-order valence-corrected chi connectivity index (χ4v) is 3.22. The number of benzene rings is 2. The number of aryl methyl sites for hydroxylation is 1. The molecule has 0 saturated heterocycles. The maximum atomic E-state index is 13.2. The smallest absolute Gasteiger partial charge is 0.264 e. The summed E-state index contributed by atoms with van der Waals surface area (Å²) in [6.07, 6.45) is 0. The Kier molecular flexibility index (Phi) is 4.90. The van der Waals surface area contributed by atoms with E-state index in [0.29, 0.717) is 16.4 Å². The lowest BCUT2D eigenvalue weighted by Crippen LogP contribution is -2.26. The fourth-order valence-electron chi connectivity index (χ4n) is 2.40. The first kappa shape index (κ1) is 16.9. The van der Waals surface area contributed by atoms with Crippen LogP contribution < -0.4 is 10.2 Å². The van der Waals surface area contributed by atoms with E-state index in [1.54, 1.807) is 29.2 Å². The Morgan fingerprint density at radius 2 is 1.84 bits per heavy atom. The molecule has 3 rings (SSSR count). The lowest BCUT2D eigenvalue weighted by Gasteiger charge is -2.20. The minimum Gasteiger partial charge on any atom is -0.326 e. The van der Waals surface area contributed by atoms with E-state index in [9.17, 15) is 9.59 Å². The number of anilines is 3. The van der Waals surface area contributed by atoms with Gasteiger partial charge in [-0.15, -0.1) is 11.3 Å². The van der Waals surface area contributed by atoms with Crippen molar-refractivity contribution in [3.8, 4) is 0 Å². The van der Waals surface area contributed by atoms with Crippen LogP contribution in [-0.4, -0.2) is 16.8 Å². The van der Waals surface area contributed by atoms with E-state index in [-0.39, 0.29) is 11.8 Å². The van der Waals surface area contributed by atoms with Gasteiger partial charge in [-0.25, -0.2) is 4.98 Å². The van der Waals surface area contributed by atoms with Crippen molar-refractivity contribution in [1.82, 2.24) is 4.98 Å². The molecule has 0 aliphatic heterocycles. The number of carbonyl (C=O) groups excluding carboxylic acids is 2. The summed E-state index contributed by atoms with van der Waals surface area (Å²) in [7, 11) is 0. The topological polar surface area (TPSA) is 62.3 Å². The molecule has 0 fully saturated rings. The molecule has 25 heavy (non-hydrogen) atoms. The molecule has 5 nitrogen and oxygen atoms in total. The minimum absolute atomic E-state index is 0.180. The zero-order valence-corrected chi connectivity index (χ0v) is 14.7. The van der Waals surface area contributed by atoms with Gasteiger partial charge in [0.1, 0.15) is 0 Å². The number of para-hydroxylation sites is 1. The van der Waals surface area contributed by atoms with Crippen LogP contribution in [0.2, 0.25) is 0 Å². The minimum atomic E-state index is -0.201. The zero-order chi connectivity index (χ0) is 17.8. The molecule has 6 heteroatoms. The summed E-state index contributed by atoms with van der Waals surface area (Å²) >= 11 is 1.41. The van der Waals surface area contributed by atoms with Crippen molar-refractivity contribution >= 4 is 39.7 Å². The van der Waals surface area contributed by atoms with E-state index in [1.807, 2.05) is 42.6 Å². The van der Waals surface area contributed by atoms with Crippen LogP contribution in [0.15, 0.2) is 60.0 Å². The second-order valence-electron chi connectivity index (χ2n) is 5.51. The van der Waals surface area contributed by atoms with E-state index < -0.39 is 0 Å². The number of nitrogens with zero attached hydrogens (tertiary/aromatic N) is 2. The van der Waals surface area contributed by atoms with E-state index >= 15 is 0 Å².